The molecule has 0 aromatic heterocycles. The van der Waals surface area contributed by atoms with Crippen molar-refractivity contribution < 1.29 is 19.4 Å². The maximum atomic E-state index is 11.8. The van der Waals surface area contributed by atoms with E-state index in [-0.39, 0.29) is 18.8 Å². The molecule has 0 spiro atoms. The second-order valence-corrected chi connectivity index (χ2v) is 4.70. The first-order valence-electron chi connectivity index (χ1n) is 5.68. The Kier molecular flexibility index (Phi) is 5.85. The van der Waals surface area contributed by atoms with Gasteiger partial charge in [-0.3, -0.25) is 9.59 Å². The predicted molar refractivity (Wildman–Crippen MR) is 70.4 cm³/mol. The zero-order valence-corrected chi connectivity index (χ0v) is 11.6. The summed E-state index contributed by atoms with van der Waals surface area (Å²) >= 11 is 3.31. The fourth-order valence-electron chi connectivity index (χ4n) is 1.63. The molecule has 18 heavy (non-hydrogen) atoms. The molecule has 0 saturated carbocycles. The molecule has 1 unspecified atom stereocenters. The molecule has 0 aliphatic carbocycles. The minimum atomic E-state index is -0.915. The number of rotatable bonds is 6. The monoisotopic (exact) mass is 314 g/mol. The number of hydrogen-bond acceptors (Lipinski definition) is 3. The van der Waals surface area contributed by atoms with Crippen LogP contribution >= 0.6 is 15.9 Å². The Morgan fingerprint density at radius 3 is 2.44 bits per heavy atom. The van der Waals surface area contributed by atoms with Gasteiger partial charge < -0.3 is 9.84 Å². The largest absolute Gasteiger partial charge is 0.481 e. The van der Waals surface area contributed by atoms with E-state index < -0.39 is 11.9 Å². The molecule has 0 saturated heterocycles. The molecule has 0 aliphatic heterocycles. The molecule has 0 aliphatic rings. The lowest BCUT2D eigenvalue weighted by Crippen LogP contribution is -2.17. The number of carbonyl (C=O) groups is 2. The summed E-state index contributed by atoms with van der Waals surface area (Å²) in [6, 6.07) is 7.24. The number of benzene rings is 1. The Balaban J connectivity index is 2.85. The first-order valence-corrected chi connectivity index (χ1v) is 6.47. The summed E-state index contributed by atoms with van der Waals surface area (Å²) in [5.41, 5.74) is 0.776. The third kappa shape index (κ3) is 4.49. The summed E-state index contributed by atoms with van der Waals surface area (Å²) in [7, 11) is 0. The molecule has 0 heterocycles. The van der Waals surface area contributed by atoms with E-state index in [1.807, 2.05) is 12.1 Å². The van der Waals surface area contributed by atoms with Gasteiger partial charge in [-0.2, -0.15) is 0 Å². The average Bonchev–Trinajstić information content (AvgIpc) is 2.31. The van der Waals surface area contributed by atoms with Crippen molar-refractivity contribution in [3.63, 3.8) is 0 Å². The highest BCUT2D eigenvalue weighted by atomic mass is 79.9. The lowest BCUT2D eigenvalue weighted by atomic mass is 9.94. The van der Waals surface area contributed by atoms with Crippen molar-refractivity contribution in [1.82, 2.24) is 0 Å². The van der Waals surface area contributed by atoms with Crippen LogP contribution in [-0.2, 0) is 14.3 Å². The molecule has 0 radical (unpaired) electrons. The highest BCUT2D eigenvalue weighted by molar-refractivity contribution is 9.10. The second-order valence-electron chi connectivity index (χ2n) is 3.79. The molecular weight excluding hydrogens is 300 g/mol. The Labute approximate surface area is 114 Å². The van der Waals surface area contributed by atoms with Crippen LogP contribution in [0.5, 0.6) is 0 Å². The SMILES string of the molecule is CCOC(=O)C(CCC(=O)O)c1ccc(Br)cc1. The normalized spacial score (nSPS) is 11.9. The zero-order valence-electron chi connectivity index (χ0n) is 10.1. The van der Waals surface area contributed by atoms with Crippen molar-refractivity contribution in [1.29, 1.82) is 0 Å². The third-order valence-electron chi connectivity index (χ3n) is 2.49. The van der Waals surface area contributed by atoms with E-state index in [0.717, 1.165) is 10.0 Å². The highest BCUT2D eigenvalue weighted by Gasteiger charge is 2.22. The van der Waals surface area contributed by atoms with Gasteiger partial charge in [0.2, 0.25) is 0 Å². The summed E-state index contributed by atoms with van der Waals surface area (Å²) in [4.78, 5) is 22.4. The number of aliphatic carboxylic acids is 1. The summed E-state index contributed by atoms with van der Waals surface area (Å²) in [5.74, 6) is -1.81. The molecule has 5 heteroatoms. The minimum absolute atomic E-state index is 0.0560. The first-order chi connectivity index (χ1) is 8.54. The van der Waals surface area contributed by atoms with E-state index in [4.69, 9.17) is 9.84 Å². The Hall–Kier alpha value is -1.36. The van der Waals surface area contributed by atoms with Crippen molar-refractivity contribution >= 4 is 27.9 Å². The summed E-state index contributed by atoms with van der Waals surface area (Å²) < 4.78 is 5.89. The predicted octanol–water partition coefficient (Wildman–Crippen LogP) is 2.96. The van der Waals surface area contributed by atoms with Crippen LogP contribution in [0.15, 0.2) is 28.7 Å². The maximum absolute atomic E-state index is 11.8. The molecule has 1 aromatic carbocycles. The van der Waals surface area contributed by atoms with Crippen LogP contribution in [0.2, 0.25) is 0 Å². The lowest BCUT2D eigenvalue weighted by Gasteiger charge is -2.15. The summed E-state index contributed by atoms with van der Waals surface area (Å²) in [6.07, 6.45) is 0.190. The average molecular weight is 315 g/mol. The Morgan fingerprint density at radius 1 is 1.33 bits per heavy atom. The quantitative estimate of drug-likeness (QED) is 0.820. The standard InChI is InChI=1S/C13H15BrO4/c1-2-18-13(17)11(7-8-12(15)16)9-3-5-10(14)6-4-9/h3-6,11H,2,7-8H2,1H3,(H,15,16). The van der Waals surface area contributed by atoms with Gasteiger partial charge in [0.05, 0.1) is 12.5 Å². The van der Waals surface area contributed by atoms with Gasteiger partial charge in [0.1, 0.15) is 0 Å². The first kappa shape index (κ1) is 14.7. The Morgan fingerprint density at radius 2 is 1.94 bits per heavy atom. The van der Waals surface area contributed by atoms with Crippen molar-refractivity contribution in [3.05, 3.63) is 34.3 Å². The van der Waals surface area contributed by atoms with Gasteiger partial charge in [-0.1, -0.05) is 28.1 Å². The van der Waals surface area contributed by atoms with Crippen LogP contribution in [0.4, 0.5) is 0 Å². The lowest BCUT2D eigenvalue weighted by molar-refractivity contribution is -0.145. The van der Waals surface area contributed by atoms with Crippen molar-refractivity contribution in [3.8, 4) is 0 Å². The van der Waals surface area contributed by atoms with Gasteiger partial charge in [-0.05, 0) is 31.0 Å². The minimum Gasteiger partial charge on any atom is -0.481 e. The van der Waals surface area contributed by atoms with Crippen molar-refractivity contribution in [2.45, 2.75) is 25.7 Å². The molecule has 1 N–H and O–H groups in total. The summed E-state index contributed by atoms with van der Waals surface area (Å²) in [6.45, 7) is 2.02. The molecule has 0 bridgehead atoms. The van der Waals surface area contributed by atoms with E-state index in [1.165, 1.54) is 0 Å². The van der Waals surface area contributed by atoms with Crippen molar-refractivity contribution in [2.75, 3.05) is 6.61 Å². The number of carboxylic acids is 1. The number of esters is 1. The van der Waals surface area contributed by atoms with Crippen LogP contribution in [0, 0.1) is 0 Å². The van der Waals surface area contributed by atoms with Gasteiger partial charge in [0.25, 0.3) is 0 Å². The van der Waals surface area contributed by atoms with Gasteiger partial charge in [0.15, 0.2) is 0 Å². The number of carbonyl (C=O) groups excluding carboxylic acids is 1. The van der Waals surface area contributed by atoms with E-state index >= 15 is 0 Å². The molecule has 1 rings (SSSR count). The molecule has 1 aromatic rings. The number of halogens is 1. The van der Waals surface area contributed by atoms with Gasteiger partial charge in [0, 0.05) is 10.9 Å². The number of carboxylic acid groups (broad SMARTS) is 1. The molecule has 4 nitrogen and oxygen atoms in total. The maximum Gasteiger partial charge on any atom is 0.313 e. The topological polar surface area (TPSA) is 63.6 Å². The zero-order chi connectivity index (χ0) is 13.5. The molecule has 98 valence electrons. The van der Waals surface area contributed by atoms with Gasteiger partial charge in [-0.15, -0.1) is 0 Å². The van der Waals surface area contributed by atoms with E-state index in [9.17, 15) is 9.59 Å². The molecular formula is C13H15BrO4. The van der Waals surface area contributed by atoms with Crippen LogP contribution in [0.1, 0.15) is 31.2 Å². The summed E-state index contributed by atoms with van der Waals surface area (Å²) in [5, 5.41) is 8.71. The van der Waals surface area contributed by atoms with Crippen LogP contribution < -0.4 is 0 Å². The molecule has 1 atom stereocenters. The highest BCUT2D eigenvalue weighted by Crippen LogP contribution is 2.24. The van der Waals surface area contributed by atoms with Gasteiger partial charge >= 0.3 is 11.9 Å². The van der Waals surface area contributed by atoms with E-state index in [0.29, 0.717) is 6.61 Å². The van der Waals surface area contributed by atoms with Gasteiger partial charge in [-0.25, -0.2) is 0 Å². The smallest absolute Gasteiger partial charge is 0.313 e. The Bertz CT molecular complexity index is 414. The van der Waals surface area contributed by atoms with Crippen LogP contribution in [-0.4, -0.2) is 23.7 Å². The van der Waals surface area contributed by atoms with E-state index in [2.05, 4.69) is 15.9 Å². The number of hydrogen-bond donors (Lipinski definition) is 1. The van der Waals surface area contributed by atoms with E-state index in [1.54, 1.807) is 19.1 Å². The van der Waals surface area contributed by atoms with Crippen LogP contribution in [0.3, 0.4) is 0 Å². The molecule has 0 amide bonds. The fraction of sp³-hybridized carbons (Fsp3) is 0.385. The fourth-order valence-corrected chi connectivity index (χ4v) is 1.89. The molecule has 0 fully saturated rings. The third-order valence-corrected chi connectivity index (χ3v) is 3.02. The van der Waals surface area contributed by atoms with Crippen LogP contribution in [0.25, 0.3) is 0 Å². The number of ether oxygens (including phenoxy) is 1. The second kappa shape index (κ2) is 7.16. The van der Waals surface area contributed by atoms with Crippen molar-refractivity contribution in [2.24, 2.45) is 0 Å².